The quantitative estimate of drug-likeness (QED) is 0.0846. The molecule has 0 aliphatic rings. The zero-order chi connectivity index (χ0) is 96.4. The summed E-state index contributed by atoms with van der Waals surface area (Å²) in [6, 6.07) is 173. The Morgan fingerprint density at radius 1 is 0.121 bits per heavy atom. The van der Waals surface area contributed by atoms with Crippen LogP contribution in [-0.2, 0) is 0 Å². The normalized spacial score (nSPS) is 10.3. The van der Waals surface area contributed by atoms with Crippen LogP contribution in [0.2, 0.25) is 151 Å². The van der Waals surface area contributed by atoms with E-state index in [1.807, 2.05) is 0 Å². The first kappa shape index (κ1) is 115. The molecule has 0 nitrogen and oxygen atoms in total. The third-order valence-electron chi connectivity index (χ3n) is 20.8. The standard InChI is InChI=1S/8C13H14Si.C4H12Si.3C3H10Si.C2H8Si/c8*1-14(12-8-4-2-5-9-12)13-10-6-3-7-11-13;1-5(2,3)4;3*1-4(2)3;1-3-2/h8*2-11,14H,1H3;1-4H3;3*4H,1-3H3;3H2,1-2H3. The van der Waals surface area contributed by atoms with E-state index < -0.39 is 78.4 Å². The van der Waals surface area contributed by atoms with Crippen LogP contribution < -0.4 is 83.0 Å². The molecule has 132 heavy (non-hydrogen) atoms. The summed E-state index contributed by atoms with van der Waals surface area (Å²) in [6.07, 6.45) is 0. The second kappa shape index (κ2) is 70.1. The Kier molecular flexibility index (Phi) is 60.9. The van der Waals surface area contributed by atoms with E-state index >= 15 is 0 Å². The van der Waals surface area contributed by atoms with Crippen LogP contribution in [0.1, 0.15) is 0 Å². The van der Waals surface area contributed by atoms with E-state index in [4.69, 9.17) is 0 Å². The van der Waals surface area contributed by atoms with Gasteiger partial charge in [0.25, 0.3) is 0 Å². The summed E-state index contributed by atoms with van der Waals surface area (Å²) >= 11 is 0. The van der Waals surface area contributed by atoms with Crippen LogP contribution in [0.4, 0.5) is 0 Å². The van der Waals surface area contributed by atoms with E-state index in [1.165, 1.54) is 83.0 Å². The number of hydrogen-bond donors (Lipinski definition) is 0. The first-order valence-corrected chi connectivity index (χ1v) is 84.1. The van der Waals surface area contributed by atoms with Gasteiger partial charge in [0, 0.05) is 44.0 Å². The van der Waals surface area contributed by atoms with Gasteiger partial charge in [0.1, 0.15) is 0 Å². The molecule has 16 aromatic carbocycles. The monoisotopic (exact) mass is 1950 g/mol. The zero-order valence-electron chi connectivity index (χ0n) is 84.7. The summed E-state index contributed by atoms with van der Waals surface area (Å²) in [5, 5.41) is 24.2. The van der Waals surface area contributed by atoms with Crippen LogP contribution in [0, 0.1) is 0 Å². The Balaban J connectivity index is 0.000000306. The second-order valence-electron chi connectivity index (χ2n) is 37.2. The molecule has 0 aliphatic carbocycles. The molecule has 690 valence electrons. The molecule has 0 N–H and O–H groups in total. The molecule has 16 rings (SSSR count). The molecule has 0 amide bonds. The highest BCUT2D eigenvalue weighted by molar-refractivity contribution is 6.87. The topological polar surface area (TPSA) is 0 Å². The highest BCUT2D eigenvalue weighted by atomic mass is 28.3. The largest absolute Gasteiger partial charge is 0.0997 e. The predicted molar refractivity (Wildman–Crippen MR) is 645 cm³/mol. The van der Waals surface area contributed by atoms with Crippen LogP contribution in [0.15, 0.2) is 485 Å². The van der Waals surface area contributed by atoms with E-state index in [-0.39, 0.29) is 26.4 Å². The van der Waals surface area contributed by atoms with Gasteiger partial charge >= 0.3 is 0 Å². The van der Waals surface area contributed by atoms with Gasteiger partial charge < -0.3 is 0 Å². The van der Waals surface area contributed by atoms with E-state index in [0.717, 1.165) is 0 Å². The lowest BCUT2D eigenvalue weighted by Crippen LogP contribution is -2.38. The van der Waals surface area contributed by atoms with Crippen molar-refractivity contribution in [3.05, 3.63) is 485 Å². The van der Waals surface area contributed by atoms with Gasteiger partial charge in [0.2, 0.25) is 0 Å². The summed E-state index contributed by atoms with van der Waals surface area (Å²) in [5.74, 6) is 0. The van der Waals surface area contributed by atoms with E-state index in [1.54, 1.807) is 0 Å². The minimum Gasteiger partial charge on any atom is -0.0750 e. The molecule has 13 heteroatoms. The van der Waals surface area contributed by atoms with Crippen molar-refractivity contribution in [2.24, 2.45) is 0 Å². The summed E-state index contributed by atoms with van der Waals surface area (Å²) in [4.78, 5) is 0. The number of hydrogen-bond acceptors (Lipinski definition) is 0. The van der Waals surface area contributed by atoms with Gasteiger partial charge in [-0.15, -0.1) is 0 Å². The molecule has 0 spiro atoms. The first-order chi connectivity index (χ1) is 63.6. The third-order valence-corrected chi connectivity index (χ3v) is 43.0. The van der Waals surface area contributed by atoms with Crippen LogP contribution in [0.25, 0.3) is 0 Å². The highest BCUT2D eigenvalue weighted by Crippen LogP contribution is 2.02. The van der Waals surface area contributed by atoms with E-state index in [9.17, 15) is 0 Å². The van der Waals surface area contributed by atoms with Crippen molar-refractivity contribution in [3.63, 3.8) is 0 Å². The maximum absolute atomic E-state index is 2.38. The summed E-state index contributed by atoms with van der Waals surface area (Å²) in [7, 11) is -7.96. The molecule has 0 atom stereocenters. The van der Waals surface area contributed by atoms with Gasteiger partial charge in [0.15, 0.2) is 0 Å². The third kappa shape index (κ3) is 51.5. The maximum atomic E-state index is 2.38. The van der Waals surface area contributed by atoms with Gasteiger partial charge in [0.05, 0.1) is 70.4 Å². The van der Waals surface area contributed by atoms with Gasteiger partial charge in [-0.3, -0.25) is 0 Å². The SMILES string of the molecule is C[SiH2]C.C[SiH](C)C.C[SiH](C)C.C[SiH](C)C.C[SiH](c1ccccc1)c1ccccc1.C[SiH](c1ccccc1)c1ccccc1.C[SiH](c1ccccc1)c1ccccc1.C[SiH](c1ccccc1)c1ccccc1.C[SiH](c1ccccc1)c1ccccc1.C[SiH](c1ccccc1)c1ccccc1.C[SiH](c1ccccc1)c1ccccc1.C[SiH](c1ccccc1)c1ccccc1.C[Si](C)(C)C. The van der Waals surface area contributed by atoms with Gasteiger partial charge in [-0.1, -0.05) is 719 Å². The second-order valence-corrected chi connectivity index (χ2v) is 77.3. The Labute approximate surface area is 825 Å². The van der Waals surface area contributed by atoms with Crippen molar-refractivity contribution in [3.8, 4) is 0 Å². The van der Waals surface area contributed by atoms with Crippen LogP contribution in [0.5, 0.6) is 0 Å². The van der Waals surface area contributed by atoms with Crippen LogP contribution in [-0.4, -0.2) is 114 Å². The van der Waals surface area contributed by atoms with Gasteiger partial charge in [-0.25, -0.2) is 0 Å². The lowest BCUT2D eigenvalue weighted by atomic mass is 10.4. The molecule has 0 saturated carbocycles. The molecule has 0 radical (unpaired) electrons. The van der Waals surface area contributed by atoms with Gasteiger partial charge in [-0.2, -0.15) is 0 Å². The van der Waals surface area contributed by atoms with Crippen molar-refractivity contribution < 1.29 is 0 Å². The average molecular weight is 1960 g/mol. The molecular formula is C119H162Si13. The maximum Gasteiger partial charge on any atom is 0.0997 e. The molecule has 0 fully saturated rings. The highest BCUT2D eigenvalue weighted by Gasteiger charge is 2.15. The smallest absolute Gasteiger partial charge is 0.0750 e. The van der Waals surface area contributed by atoms with Crippen LogP contribution >= 0.6 is 0 Å². The van der Waals surface area contributed by atoms with E-state index in [0.29, 0.717) is 9.52 Å². The molecule has 0 heterocycles. The molecular weight excluding hydrogens is 1790 g/mol. The molecule has 0 bridgehead atoms. The fourth-order valence-electron chi connectivity index (χ4n) is 13.4. The Bertz CT molecular complexity index is 3990. The Morgan fingerprint density at radius 3 is 0.197 bits per heavy atom. The van der Waals surface area contributed by atoms with Crippen molar-refractivity contribution in [1.82, 2.24) is 0 Å². The first-order valence-electron chi connectivity index (χ1n) is 48.4. The van der Waals surface area contributed by atoms with Crippen molar-refractivity contribution in [2.45, 2.75) is 151 Å². The minimum absolute atomic E-state index is 0.139. The molecule has 0 aliphatic heterocycles. The van der Waals surface area contributed by atoms with Crippen LogP contribution in [0.3, 0.4) is 0 Å². The lowest BCUT2D eigenvalue weighted by molar-refractivity contribution is 1.71. The predicted octanol–water partition coefficient (Wildman–Crippen LogP) is 18.8. The fourth-order valence-corrected chi connectivity index (χ4v) is 29.3. The Hall–Kier alpha value is -9.66. The molecule has 0 saturated heterocycles. The fraction of sp³-hybridized carbons (Fsp3) is 0.193. The minimum atomic E-state index is -0.919. The number of benzene rings is 16. The number of rotatable bonds is 16. The lowest BCUT2D eigenvalue weighted by Gasteiger charge is -2.09. The summed E-state index contributed by atoms with van der Waals surface area (Å²) in [6.45, 7) is 53.6. The molecule has 0 unspecified atom stereocenters. The van der Waals surface area contributed by atoms with Gasteiger partial charge in [-0.05, 0) is 0 Å². The summed E-state index contributed by atoms with van der Waals surface area (Å²) in [5.41, 5.74) is 0. The molecule has 16 aromatic rings. The van der Waals surface area contributed by atoms with E-state index in [2.05, 4.69) is 636 Å². The Morgan fingerprint density at radius 2 is 0.159 bits per heavy atom. The molecule has 0 aromatic heterocycles. The van der Waals surface area contributed by atoms with Crippen molar-refractivity contribution >= 4 is 197 Å². The zero-order valence-corrected chi connectivity index (χ0v) is 99.9. The van der Waals surface area contributed by atoms with Crippen molar-refractivity contribution in [1.29, 1.82) is 0 Å². The van der Waals surface area contributed by atoms with Crippen molar-refractivity contribution in [2.75, 3.05) is 0 Å². The summed E-state index contributed by atoms with van der Waals surface area (Å²) < 4.78 is 0. The average Bonchev–Trinajstić information content (AvgIpc) is 0.911.